The van der Waals surface area contributed by atoms with Gasteiger partial charge < -0.3 is 9.84 Å². The van der Waals surface area contributed by atoms with E-state index in [1.54, 1.807) is 31.2 Å². The van der Waals surface area contributed by atoms with Gasteiger partial charge in [0.1, 0.15) is 0 Å². The molecular weight excluding hydrogens is 404 g/mol. The molecule has 2 rings (SSSR count). The lowest BCUT2D eigenvalue weighted by Gasteiger charge is -2.15. The molecule has 6 nitrogen and oxygen atoms in total. The van der Waals surface area contributed by atoms with Crippen molar-refractivity contribution in [2.45, 2.75) is 18.2 Å². The summed E-state index contributed by atoms with van der Waals surface area (Å²) in [6.07, 6.45) is 0.526. The predicted octanol–water partition coefficient (Wildman–Crippen LogP) is 3.58. The molecule has 0 aliphatic heterocycles. The van der Waals surface area contributed by atoms with E-state index in [0.29, 0.717) is 21.7 Å². The van der Waals surface area contributed by atoms with Crippen LogP contribution in [-0.4, -0.2) is 38.3 Å². The molecule has 0 aromatic heterocycles. The molecule has 2 aromatic carbocycles. The highest BCUT2D eigenvalue weighted by Crippen LogP contribution is 2.31. The van der Waals surface area contributed by atoms with Gasteiger partial charge in [-0.3, -0.25) is 4.79 Å². The first-order chi connectivity index (χ1) is 13.1. The first-order valence-corrected chi connectivity index (χ1v) is 10.6. The zero-order valence-corrected chi connectivity index (χ0v) is 16.9. The fourth-order valence-corrected chi connectivity index (χ4v) is 3.48. The molecule has 0 bridgehead atoms. The second-order valence-electron chi connectivity index (χ2n) is 5.95. The van der Waals surface area contributed by atoms with Crippen LogP contribution in [0.15, 0.2) is 59.0 Å². The molecule has 0 amide bonds. The zero-order valence-electron chi connectivity index (χ0n) is 15.3. The van der Waals surface area contributed by atoms with E-state index in [-0.39, 0.29) is 17.1 Å². The number of esters is 1. The maximum Gasteiger partial charge on any atom is 0.335 e. The minimum atomic E-state index is -3.40. The number of sulfone groups is 1. The van der Waals surface area contributed by atoms with Crippen LogP contribution in [0.4, 0.5) is 0 Å². The number of aliphatic carboxylic acids is 1. The van der Waals surface area contributed by atoms with Crippen molar-refractivity contribution in [1.29, 1.82) is 0 Å². The molecule has 0 radical (unpaired) electrons. The number of rotatable bonds is 7. The van der Waals surface area contributed by atoms with Crippen molar-refractivity contribution in [3.8, 4) is 0 Å². The van der Waals surface area contributed by atoms with Crippen LogP contribution in [0.3, 0.4) is 0 Å². The van der Waals surface area contributed by atoms with Gasteiger partial charge in [-0.2, -0.15) is 0 Å². The Morgan fingerprint density at radius 1 is 1.07 bits per heavy atom. The summed E-state index contributed by atoms with van der Waals surface area (Å²) in [7, 11) is -3.40. The van der Waals surface area contributed by atoms with Gasteiger partial charge in [0.2, 0.25) is 0 Å². The summed E-state index contributed by atoms with van der Waals surface area (Å²) in [4.78, 5) is 24.0. The second kappa shape index (κ2) is 9.03. The maximum atomic E-state index is 12.5. The minimum absolute atomic E-state index is 0.0521. The second-order valence-corrected chi connectivity index (χ2v) is 8.40. The third-order valence-corrected chi connectivity index (χ3v) is 5.20. The van der Waals surface area contributed by atoms with Crippen LogP contribution in [-0.2, 0) is 24.2 Å². The van der Waals surface area contributed by atoms with Crippen LogP contribution in [0.2, 0.25) is 5.02 Å². The molecule has 8 heteroatoms. The quantitative estimate of drug-likeness (QED) is 0.541. The van der Waals surface area contributed by atoms with Crippen molar-refractivity contribution in [1.82, 2.24) is 0 Å². The Labute approximate surface area is 168 Å². The van der Waals surface area contributed by atoms with Gasteiger partial charge in [-0.1, -0.05) is 35.9 Å². The highest BCUT2D eigenvalue weighted by molar-refractivity contribution is 7.90. The summed E-state index contributed by atoms with van der Waals surface area (Å²) in [5, 5.41) is 9.71. The summed E-state index contributed by atoms with van der Waals surface area (Å²) in [6, 6.07) is 12.5. The Bertz CT molecular complexity index is 1020. The van der Waals surface area contributed by atoms with Gasteiger partial charge in [0.05, 0.1) is 23.5 Å². The molecular formula is C20H19ClO6S. The van der Waals surface area contributed by atoms with Crippen molar-refractivity contribution >= 4 is 38.9 Å². The topological polar surface area (TPSA) is 97.7 Å². The molecule has 148 valence electrons. The summed E-state index contributed by atoms with van der Waals surface area (Å²) in [5.74, 6) is -1.96. The normalized spacial score (nSPS) is 12.2. The lowest BCUT2D eigenvalue weighted by Crippen LogP contribution is -2.14. The van der Waals surface area contributed by atoms with E-state index in [4.69, 9.17) is 16.3 Å². The Morgan fingerprint density at radius 2 is 1.71 bits per heavy atom. The lowest BCUT2D eigenvalue weighted by molar-refractivity contribution is -0.142. The molecule has 0 spiro atoms. The van der Waals surface area contributed by atoms with E-state index in [9.17, 15) is 23.1 Å². The van der Waals surface area contributed by atoms with Crippen LogP contribution < -0.4 is 0 Å². The van der Waals surface area contributed by atoms with Gasteiger partial charge >= 0.3 is 11.9 Å². The molecule has 0 unspecified atom stereocenters. The average molecular weight is 423 g/mol. The third-order valence-electron chi connectivity index (χ3n) is 3.84. The van der Waals surface area contributed by atoms with Crippen LogP contribution in [0.25, 0.3) is 5.57 Å². The van der Waals surface area contributed by atoms with Crippen molar-refractivity contribution in [2.24, 2.45) is 0 Å². The van der Waals surface area contributed by atoms with Crippen molar-refractivity contribution in [3.63, 3.8) is 0 Å². The summed E-state index contributed by atoms with van der Waals surface area (Å²) < 4.78 is 28.5. The van der Waals surface area contributed by atoms with E-state index >= 15 is 0 Å². The Hall–Kier alpha value is -2.64. The standard InChI is InChI=1S/C20H19ClO6S/c1-3-27-20(24)17(12-18(22)23)19(14-5-4-6-15(21)11-14)13-7-9-16(10-8-13)28(2,25)26/h4-11H,3,12H2,1-2H3,(H,22,23)/b19-17+. The highest BCUT2D eigenvalue weighted by Gasteiger charge is 2.23. The summed E-state index contributed by atoms with van der Waals surface area (Å²) in [5.41, 5.74) is 1.26. The molecule has 28 heavy (non-hydrogen) atoms. The van der Waals surface area contributed by atoms with Gasteiger partial charge in [0.25, 0.3) is 0 Å². The molecule has 0 saturated heterocycles. The van der Waals surface area contributed by atoms with Gasteiger partial charge in [0.15, 0.2) is 9.84 Å². The fourth-order valence-electron chi connectivity index (χ4n) is 2.66. The number of carboxylic acids is 1. The van der Waals surface area contributed by atoms with Gasteiger partial charge in [-0.25, -0.2) is 13.2 Å². The van der Waals surface area contributed by atoms with Crippen LogP contribution in [0.1, 0.15) is 24.5 Å². The Balaban J connectivity index is 2.77. The third kappa shape index (κ3) is 5.43. The van der Waals surface area contributed by atoms with E-state index in [0.717, 1.165) is 6.26 Å². The van der Waals surface area contributed by atoms with Crippen molar-refractivity contribution in [2.75, 3.05) is 12.9 Å². The Morgan fingerprint density at radius 3 is 2.21 bits per heavy atom. The van der Waals surface area contributed by atoms with Gasteiger partial charge in [-0.15, -0.1) is 0 Å². The molecule has 0 saturated carbocycles. The van der Waals surface area contributed by atoms with Gasteiger partial charge in [0, 0.05) is 11.3 Å². The SMILES string of the molecule is CCOC(=O)/C(CC(=O)O)=C(\c1ccc(S(C)(=O)=O)cc1)c1cccc(Cl)c1. The van der Waals surface area contributed by atoms with E-state index in [2.05, 4.69) is 0 Å². The highest BCUT2D eigenvalue weighted by atomic mass is 35.5. The average Bonchev–Trinajstić information content (AvgIpc) is 2.61. The number of hydrogen-bond donors (Lipinski definition) is 1. The number of carboxylic acid groups (broad SMARTS) is 1. The van der Waals surface area contributed by atoms with Gasteiger partial charge in [-0.05, 0) is 47.9 Å². The van der Waals surface area contributed by atoms with Crippen LogP contribution in [0, 0.1) is 0 Å². The largest absolute Gasteiger partial charge is 0.481 e. The molecule has 0 heterocycles. The summed E-state index contributed by atoms with van der Waals surface area (Å²) in [6.45, 7) is 1.70. The first kappa shape index (κ1) is 21.7. The van der Waals surface area contributed by atoms with E-state index in [1.807, 2.05) is 0 Å². The molecule has 1 N–H and O–H groups in total. The number of benzene rings is 2. The van der Waals surface area contributed by atoms with Crippen LogP contribution in [0.5, 0.6) is 0 Å². The number of halogens is 1. The van der Waals surface area contributed by atoms with Crippen LogP contribution >= 0.6 is 11.6 Å². The van der Waals surface area contributed by atoms with Crippen molar-refractivity contribution in [3.05, 3.63) is 70.3 Å². The lowest BCUT2D eigenvalue weighted by atomic mass is 9.91. The predicted molar refractivity (Wildman–Crippen MR) is 106 cm³/mol. The number of hydrogen-bond acceptors (Lipinski definition) is 5. The number of ether oxygens (including phenoxy) is 1. The molecule has 0 aliphatic carbocycles. The van der Waals surface area contributed by atoms with Crippen molar-refractivity contribution < 1.29 is 27.9 Å². The zero-order chi connectivity index (χ0) is 20.9. The smallest absolute Gasteiger partial charge is 0.335 e. The number of carbonyl (C=O) groups is 2. The Kier molecular flexibility index (Phi) is 6.99. The maximum absolute atomic E-state index is 12.5. The minimum Gasteiger partial charge on any atom is -0.481 e. The molecule has 2 aromatic rings. The number of carbonyl (C=O) groups excluding carboxylic acids is 1. The molecule has 0 fully saturated rings. The first-order valence-electron chi connectivity index (χ1n) is 8.32. The van der Waals surface area contributed by atoms with E-state index in [1.165, 1.54) is 24.3 Å². The summed E-state index contributed by atoms with van der Waals surface area (Å²) >= 11 is 6.08. The molecule has 0 aliphatic rings. The monoisotopic (exact) mass is 422 g/mol. The molecule has 0 atom stereocenters. The fraction of sp³-hybridized carbons (Fsp3) is 0.200. The van der Waals surface area contributed by atoms with E-state index < -0.39 is 28.2 Å².